The predicted molar refractivity (Wildman–Crippen MR) is 110 cm³/mol. The number of carbonyl (C=O) groups is 2. The van der Waals surface area contributed by atoms with E-state index in [-0.39, 0.29) is 24.9 Å². The van der Waals surface area contributed by atoms with Crippen molar-refractivity contribution in [2.24, 2.45) is 0 Å². The van der Waals surface area contributed by atoms with Crippen LogP contribution in [0.15, 0.2) is 42.5 Å². The molecule has 2 amide bonds. The Morgan fingerprint density at radius 2 is 1.57 bits per heavy atom. The molecule has 0 aliphatic carbocycles. The summed E-state index contributed by atoms with van der Waals surface area (Å²) in [6.07, 6.45) is 0.830. The summed E-state index contributed by atoms with van der Waals surface area (Å²) in [4.78, 5) is 26.3. The molecule has 0 fully saturated rings. The summed E-state index contributed by atoms with van der Waals surface area (Å²) in [5.74, 6) is 0.718. The van der Waals surface area contributed by atoms with Crippen molar-refractivity contribution in [2.75, 3.05) is 45.0 Å². The number of hydrogen-bond acceptors (Lipinski definition) is 5. The van der Waals surface area contributed by atoms with Gasteiger partial charge in [-0.15, -0.1) is 0 Å². The minimum absolute atomic E-state index is 0.0587. The topological polar surface area (TPSA) is 79.9 Å². The number of nitrogens with zero attached hydrogens (tertiary/aromatic N) is 1. The number of anilines is 2. The third kappa shape index (κ3) is 5.99. The van der Waals surface area contributed by atoms with Gasteiger partial charge in [0.25, 0.3) is 0 Å². The highest BCUT2D eigenvalue weighted by atomic mass is 16.5. The van der Waals surface area contributed by atoms with Crippen LogP contribution < -0.4 is 20.1 Å². The molecule has 7 nitrogen and oxygen atoms in total. The first-order valence-electron chi connectivity index (χ1n) is 9.05. The maximum Gasteiger partial charge on any atom is 0.238 e. The number of hydrogen-bond donors (Lipinski definition) is 2. The number of benzene rings is 2. The molecule has 0 atom stereocenters. The Morgan fingerprint density at radius 3 is 2.18 bits per heavy atom. The fraction of sp³-hybridized carbons (Fsp3) is 0.333. The number of nitrogens with one attached hydrogen (secondary N) is 2. The van der Waals surface area contributed by atoms with Gasteiger partial charge in [0.15, 0.2) is 0 Å². The molecule has 2 rings (SSSR count). The third-order valence-corrected chi connectivity index (χ3v) is 4.18. The zero-order valence-electron chi connectivity index (χ0n) is 16.7. The minimum atomic E-state index is -0.254. The molecule has 0 radical (unpaired) electrons. The number of methoxy groups -OCH3 is 2. The van der Waals surface area contributed by atoms with Crippen LogP contribution in [0.3, 0.4) is 0 Å². The summed E-state index contributed by atoms with van der Waals surface area (Å²) >= 11 is 0. The highest BCUT2D eigenvalue weighted by Crippen LogP contribution is 2.28. The fourth-order valence-corrected chi connectivity index (χ4v) is 2.79. The van der Waals surface area contributed by atoms with Crippen molar-refractivity contribution in [2.45, 2.75) is 13.3 Å². The summed E-state index contributed by atoms with van der Waals surface area (Å²) < 4.78 is 10.4. The van der Waals surface area contributed by atoms with E-state index in [1.807, 2.05) is 31.2 Å². The van der Waals surface area contributed by atoms with Crippen LogP contribution in [0.5, 0.6) is 11.5 Å². The van der Waals surface area contributed by atoms with E-state index < -0.39 is 0 Å². The van der Waals surface area contributed by atoms with Gasteiger partial charge >= 0.3 is 0 Å². The van der Waals surface area contributed by atoms with E-state index in [4.69, 9.17) is 9.47 Å². The Bertz CT molecular complexity index is 823. The highest BCUT2D eigenvalue weighted by Gasteiger charge is 2.14. The summed E-state index contributed by atoms with van der Waals surface area (Å²) in [6, 6.07) is 12.8. The minimum Gasteiger partial charge on any atom is -0.497 e. The number of para-hydroxylation sites is 1. The molecule has 0 spiro atoms. The summed E-state index contributed by atoms with van der Waals surface area (Å²) in [5.41, 5.74) is 2.39. The Morgan fingerprint density at radius 1 is 0.929 bits per heavy atom. The van der Waals surface area contributed by atoms with Gasteiger partial charge in [0.1, 0.15) is 11.5 Å². The first kappa shape index (κ1) is 21.2. The smallest absolute Gasteiger partial charge is 0.238 e. The number of aryl methyl sites for hydroxylation is 1. The highest BCUT2D eigenvalue weighted by molar-refractivity contribution is 5.95. The molecule has 0 aromatic heterocycles. The van der Waals surface area contributed by atoms with Crippen molar-refractivity contribution in [3.8, 4) is 11.5 Å². The standard InChI is InChI=1S/C21H27N3O4/c1-5-15-8-6-7-9-17(15)22-20(25)13-24(2)14-21(26)23-18-12-16(27-3)10-11-19(18)28-4/h6-12H,5,13-14H2,1-4H3,(H,22,25)(H,23,26). The number of likely N-dealkylation sites (N-methyl/N-ethyl adjacent to an activating group) is 1. The third-order valence-electron chi connectivity index (χ3n) is 4.18. The van der Waals surface area contributed by atoms with Gasteiger partial charge in [0, 0.05) is 11.8 Å². The van der Waals surface area contributed by atoms with Gasteiger partial charge in [-0.3, -0.25) is 14.5 Å². The molecule has 0 bridgehead atoms. The molecule has 7 heteroatoms. The SMILES string of the molecule is CCc1ccccc1NC(=O)CN(C)CC(=O)Nc1cc(OC)ccc1OC. The first-order valence-corrected chi connectivity index (χ1v) is 9.05. The number of rotatable bonds is 9. The van der Waals surface area contributed by atoms with Crippen LogP contribution in [-0.4, -0.2) is 51.1 Å². The molecule has 0 aliphatic rings. The lowest BCUT2D eigenvalue weighted by Crippen LogP contribution is -2.36. The average Bonchev–Trinajstić information content (AvgIpc) is 2.67. The Balaban J connectivity index is 1.91. The summed E-state index contributed by atoms with van der Waals surface area (Å²) in [5, 5.41) is 5.69. The molecular weight excluding hydrogens is 358 g/mol. The van der Waals surface area contributed by atoms with Crippen molar-refractivity contribution >= 4 is 23.2 Å². The predicted octanol–water partition coefficient (Wildman–Crippen LogP) is 2.78. The van der Waals surface area contributed by atoms with Gasteiger partial charge in [-0.2, -0.15) is 0 Å². The Hall–Kier alpha value is -3.06. The van der Waals surface area contributed by atoms with Crippen LogP contribution in [0.1, 0.15) is 12.5 Å². The maximum atomic E-state index is 12.4. The largest absolute Gasteiger partial charge is 0.497 e. The van der Waals surface area contributed by atoms with Crippen LogP contribution in [0.4, 0.5) is 11.4 Å². The zero-order valence-corrected chi connectivity index (χ0v) is 16.7. The lowest BCUT2D eigenvalue weighted by Gasteiger charge is -2.18. The molecular formula is C21H27N3O4. The second-order valence-electron chi connectivity index (χ2n) is 6.35. The second-order valence-corrected chi connectivity index (χ2v) is 6.35. The van der Waals surface area contributed by atoms with Crippen LogP contribution in [0, 0.1) is 0 Å². The molecule has 2 N–H and O–H groups in total. The Labute approximate surface area is 165 Å². The quantitative estimate of drug-likeness (QED) is 0.694. The van der Waals surface area contributed by atoms with E-state index in [1.165, 1.54) is 7.11 Å². The fourth-order valence-electron chi connectivity index (χ4n) is 2.79. The van der Waals surface area contributed by atoms with E-state index in [0.29, 0.717) is 17.2 Å². The molecule has 28 heavy (non-hydrogen) atoms. The molecule has 0 heterocycles. The molecule has 0 saturated carbocycles. The second kappa shape index (κ2) is 10.3. The lowest BCUT2D eigenvalue weighted by atomic mass is 10.1. The van der Waals surface area contributed by atoms with Gasteiger partial charge in [-0.1, -0.05) is 25.1 Å². The van der Waals surface area contributed by atoms with E-state index in [0.717, 1.165) is 17.7 Å². The molecule has 2 aromatic carbocycles. The average molecular weight is 385 g/mol. The van der Waals surface area contributed by atoms with E-state index in [1.54, 1.807) is 37.3 Å². The monoisotopic (exact) mass is 385 g/mol. The Kier molecular flexibility index (Phi) is 7.83. The van der Waals surface area contributed by atoms with Crippen molar-refractivity contribution in [3.05, 3.63) is 48.0 Å². The number of amides is 2. The van der Waals surface area contributed by atoms with E-state index >= 15 is 0 Å². The van der Waals surface area contributed by atoms with Crippen LogP contribution >= 0.6 is 0 Å². The van der Waals surface area contributed by atoms with Crippen LogP contribution in [0.25, 0.3) is 0 Å². The van der Waals surface area contributed by atoms with Gasteiger partial charge in [-0.25, -0.2) is 0 Å². The first-order chi connectivity index (χ1) is 13.5. The van der Waals surface area contributed by atoms with Gasteiger partial charge < -0.3 is 20.1 Å². The van der Waals surface area contributed by atoms with E-state index in [9.17, 15) is 9.59 Å². The van der Waals surface area contributed by atoms with Gasteiger partial charge in [0.2, 0.25) is 11.8 Å². The van der Waals surface area contributed by atoms with E-state index in [2.05, 4.69) is 10.6 Å². The number of ether oxygens (including phenoxy) is 2. The molecule has 0 aliphatic heterocycles. The zero-order chi connectivity index (χ0) is 20.5. The van der Waals surface area contributed by atoms with Gasteiger partial charge in [0.05, 0.1) is 33.0 Å². The molecule has 2 aromatic rings. The van der Waals surface area contributed by atoms with Crippen LogP contribution in [-0.2, 0) is 16.0 Å². The van der Waals surface area contributed by atoms with Crippen molar-refractivity contribution < 1.29 is 19.1 Å². The van der Waals surface area contributed by atoms with Gasteiger partial charge in [-0.05, 0) is 37.2 Å². The summed E-state index contributed by atoms with van der Waals surface area (Å²) in [6.45, 7) is 2.19. The maximum absolute atomic E-state index is 12.4. The number of carbonyl (C=O) groups excluding carboxylic acids is 2. The lowest BCUT2D eigenvalue weighted by molar-refractivity contribution is -0.119. The molecule has 150 valence electrons. The van der Waals surface area contributed by atoms with Crippen LogP contribution in [0.2, 0.25) is 0 Å². The van der Waals surface area contributed by atoms with Crippen molar-refractivity contribution in [3.63, 3.8) is 0 Å². The molecule has 0 saturated heterocycles. The van der Waals surface area contributed by atoms with Crippen molar-refractivity contribution in [1.82, 2.24) is 4.90 Å². The van der Waals surface area contributed by atoms with Crippen molar-refractivity contribution in [1.29, 1.82) is 0 Å². The summed E-state index contributed by atoms with van der Waals surface area (Å²) in [7, 11) is 4.80. The normalized spacial score (nSPS) is 10.5. The molecule has 0 unspecified atom stereocenters.